The predicted octanol–water partition coefficient (Wildman–Crippen LogP) is 4.61. The van der Waals surface area contributed by atoms with Crippen molar-refractivity contribution in [2.45, 2.75) is 58.8 Å². The van der Waals surface area contributed by atoms with E-state index in [-0.39, 0.29) is 0 Å². The van der Waals surface area contributed by atoms with Gasteiger partial charge in [-0.15, -0.1) is 11.6 Å². The van der Waals surface area contributed by atoms with Gasteiger partial charge in [0.1, 0.15) is 0 Å². The van der Waals surface area contributed by atoms with Crippen molar-refractivity contribution in [3.8, 4) is 0 Å². The molecule has 1 fully saturated rings. The zero-order chi connectivity index (χ0) is 9.73. The van der Waals surface area contributed by atoms with Crippen LogP contribution in [0, 0.1) is 11.3 Å². The number of hydrogen-bond donors (Lipinski definition) is 0. The predicted molar refractivity (Wildman–Crippen MR) is 60.3 cm³/mol. The van der Waals surface area contributed by atoms with Crippen LogP contribution in [-0.4, -0.2) is 5.88 Å². The molecule has 1 heteroatoms. The van der Waals surface area contributed by atoms with Gasteiger partial charge in [-0.25, -0.2) is 0 Å². The van der Waals surface area contributed by atoms with Gasteiger partial charge in [0.15, 0.2) is 0 Å². The molecule has 13 heavy (non-hydrogen) atoms. The van der Waals surface area contributed by atoms with Crippen molar-refractivity contribution in [1.29, 1.82) is 0 Å². The Morgan fingerprint density at radius 1 is 1.23 bits per heavy atom. The topological polar surface area (TPSA) is 0 Å². The quantitative estimate of drug-likeness (QED) is 0.584. The third-order valence-corrected chi connectivity index (χ3v) is 4.24. The van der Waals surface area contributed by atoms with Crippen LogP contribution in [0.25, 0.3) is 0 Å². The standard InChI is InChI=1S/C12H23Cl/c1-3-11(2)9-12(10-13)7-5-4-6-8-12/h11H,3-10H2,1-2H3. The lowest BCUT2D eigenvalue weighted by molar-refractivity contribution is 0.172. The van der Waals surface area contributed by atoms with Crippen LogP contribution in [0.15, 0.2) is 0 Å². The summed E-state index contributed by atoms with van der Waals surface area (Å²) in [6, 6.07) is 0. The first kappa shape index (κ1) is 11.4. The van der Waals surface area contributed by atoms with Gasteiger partial charge in [0.2, 0.25) is 0 Å². The van der Waals surface area contributed by atoms with Gasteiger partial charge in [-0.1, -0.05) is 39.5 Å². The van der Waals surface area contributed by atoms with E-state index in [0.717, 1.165) is 11.8 Å². The first-order valence-corrected chi connectivity index (χ1v) is 6.32. The van der Waals surface area contributed by atoms with Crippen LogP contribution in [0.1, 0.15) is 58.8 Å². The van der Waals surface area contributed by atoms with Crippen LogP contribution >= 0.6 is 11.6 Å². The van der Waals surface area contributed by atoms with E-state index in [0.29, 0.717) is 5.41 Å². The van der Waals surface area contributed by atoms with Crippen LogP contribution in [0.2, 0.25) is 0 Å². The van der Waals surface area contributed by atoms with E-state index in [4.69, 9.17) is 11.6 Å². The first-order chi connectivity index (χ1) is 6.22. The van der Waals surface area contributed by atoms with Gasteiger partial charge in [0.05, 0.1) is 0 Å². The van der Waals surface area contributed by atoms with Crippen LogP contribution in [0.5, 0.6) is 0 Å². The van der Waals surface area contributed by atoms with E-state index in [1.807, 2.05) is 0 Å². The summed E-state index contributed by atoms with van der Waals surface area (Å²) in [5.74, 6) is 1.74. The molecule has 0 saturated heterocycles. The van der Waals surface area contributed by atoms with Crippen LogP contribution < -0.4 is 0 Å². The van der Waals surface area contributed by atoms with Crippen molar-refractivity contribution >= 4 is 11.6 Å². The molecule has 1 unspecified atom stereocenters. The van der Waals surface area contributed by atoms with Crippen molar-refractivity contribution in [1.82, 2.24) is 0 Å². The molecule has 1 aliphatic rings. The average Bonchev–Trinajstić information content (AvgIpc) is 2.19. The van der Waals surface area contributed by atoms with Gasteiger partial charge in [0.25, 0.3) is 0 Å². The minimum Gasteiger partial charge on any atom is -0.126 e. The first-order valence-electron chi connectivity index (χ1n) is 5.78. The summed E-state index contributed by atoms with van der Waals surface area (Å²) in [5.41, 5.74) is 0.509. The second-order valence-electron chi connectivity index (χ2n) is 4.91. The fraction of sp³-hybridized carbons (Fsp3) is 1.00. The summed E-state index contributed by atoms with van der Waals surface area (Å²) in [6.45, 7) is 4.65. The van der Waals surface area contributed by atoms with E-state index in [9.17, 15) is 0 Å². The molecule has 1 atom stereocenters. The van der Waals surface area contributed by atoms with Crippen molar-refractivity contribution in [3.63, 3.8) is 0 Å². The summed E-state index contributed by atoms with van der Waals surface area (Å²) in [4.78, 5) is 0. The Labute approximate surface area is 88.1 Å². The molecule has 0 radical (unpaired) electrons. The maximum atomic E-state index is 6.14. The molecule has 0 heterocycles. The molecule has 1 saturated carbocycles. The third kappa shape index (κ3) is 3.16. The van der Waals surface area contributed by atoms with Gasteiger partial charge >= 0.3 is 0 Å². The molecule has 0 amide bonds. The second-order valence-corrected chi connectivity index (χ2v) is 5.18. The molecule has 0 aromatic heterocycles. The smallest absolute Gasteiger partial charge is 0.0280 e. The van der Waals surface area contributed by atoms with Gasteiger partial charge in [-0.05, 0) is 30.6 Å². The summed E-state index contributed by atoms with van der Waals surface area (Å²) in [5, 5.41) is 0. The minimum atomic E-state index is 0.509. The van der Waals surface area contributed by atoms with Crippen LogP contribution in [0.4, 0.5) is 0 Å². The fourth-order valence-corrected chi connectivity index (χ4v) is 2.95. The lowest BCUT2D eigenvalue weighted by Gasteiger charge is -2.37. The highest BCUT2D eigenvalue weighted by molar-refractivity contribution is 6.18. The van der Waals surface area contributed by atoms with Gasteiger partial charge in [-0.2, -0.15) is 0 Å². The lowest BCUT2D eigenvalue weighted by Crippen LogP contribution is -2.28. The van der Waals surface area contributed by atoms with E-state index < -0.39 is 0 Å². The van der Waals surface area contributed by atoms with Crippen molar-refractivity contribution in [3.05, 3.63) is 0 Å². The Morgan fingerprint density at radius 3 is 2.31 bits per heavy atom. The number of rotatable bonds is 4. The van der Waals surface area contributed by atoms with E-state index in [2.05, 4.69) is 13.8 Å². The highest BCUT2D eigenvalue weighted by Gasteiger charge is 2.31. The van der Waals surface area contributed by atoms with Gasteiger partial charge < -0.3 is 0 Å². The molecule has 0 N–H and O–H groups in total. The SMILES string of the molecule is CCC(C)CC1(CCl)CCCCC1. The largest absolute Gasteiger partial charge is 0.126 e. The van der Waals surface area contributed by atoms with Gasteiger partial charge in [-0.3, -0.25) is 0 Å². The summed E-state index contributed by atoms with van der Waals surface area (Å²) >= 11 is 6.14. The molecule has 0 aliphatic heterocycles. The molecule has 0 aromatic carbocycles. The Hall–Kier alpha value is 0.290. The molecule has 78 valence electrons. The summed E-state index contributed by atoms with van der Waals surface area (Å²) in [7, 11) is 0. The molecule has 0 aromatic rings. The lowest BCUT2D eigenvalue weighted by atomic mass is 9.70. The Bertz CT molecular complexity index is 136. The van der Waals surface area contributed by atoms with E-state index >= 15 is 0 Å². The van der Waals surface area contributed by atoms with Gasteiger partial charge in [0, 0.05) is 5.88 Å². The molecule has 1 aliphatic carbocycles. The van der Waals surface area contributed by atoms with Crippen molar-refractivity contribution < 1.29 is 0 Å². The normalized spacial score (nSPS) is 24.2. The highest BCUT2D eigenvalue weighted by atomic mass is 35.5. The highest BCUT2D eigenvalue weighted by Crippen LogP contribution is 2.42. The number of halogens is 1. The summed E-state index contributed by atoms with van der Waals surface area (Å²) < 4.78 is 0. The molecule has 0 bridgehead atoms. The second kappa shape index (κ2) is 5.24. The molecular weight excluding hydrogens is 180 g/mol. The van der Waals surface area contributed by atoms with Crippen molar-refractivity contribution in [2.24, 2.45) is 11.3 Å². The molecule has 0 spiro atoms. The fourth-order valence-electron chi connectivity index (χ4n) is 2.58. The average molecular weight is 203 g/mol. The molecule has 0 nitrogen and oxygen atoms in total. The third-order valence-electron chi connectivity index (χ3n) is 3.68. The minimum absolute atomic E-state index is 0.509. The molecular formula is C12H23Cl. The zero-order valence-electron chi connectivity index (χ0n) is 9.11. The monoisotopic (exact) mass is 202 g/mol. The zero-order valence-corrected chi connectivity index (χ0v) is 9.87. The van der Waals surface area contributed by atoms with E-state index in [1.165, 1.54) is 44.9 Å². The number of hydrogen-bond acceptors (Lipinski definition) is 0. The summed E-state index contributed by atoms with van der Waals surface area (Å²) in [6.07, 6.45) is 9.65. The maximum Gasteiger partial charge on any atom is 0.0280 e. The Balaban J connectivity index is 2.47. The van der Waals surface area contributed by atoms with Crippen LogP contribution in [-0.2, 0) is 0 Å². The molecule has 1 rings (SSSR count). The number of alkyl halides is 1. The Kier molecular flexibility index (Phi) is 4.58. The van der Waals surface area contributed by atoms with Crippen LogP contribution in [0.3, 0.4) is 0 Å². The maximum absolute atomic E-state index is 6.14. The van der Waals surface area contributed by atoms with Crippen molar-refractivity contribution in [2.75, 3.05) is 5.88 Å². The van der Waals surface area contributed by atoms with E-state index in [1.54, 1.807) is 0 Å². The Morgan fingerprint density at radius 2 is 1.85 bits per heavy atom.